The molecule has 8 heteroatoms. The summed E-state index contributed by atoms with van der Waals surface area (Å²) in [5, 5.41) is 4.87. The molecule has 0 aromatic heterocycles. The molecule has 0 atom stereocenters. The van der Waals surface area contributed by atoms with Crippen LogP contribution in [-0.4, -0.2) is 24.9 Å². The average Bonchev–Trinajstić information content (AvgIpc) is 2.58. The van der Waals surface area contributed by atoms with E-state index in [1.807, 2.05) is 0 Å². The zero-order valence-corrected chi connectivity index (χ0v) is 15.2. The summed E-state index contributed by atoms with van der Waals surface area (Å²) >= 11 is 3.16. The lowest BCUT2D eigenvalue weighted by Crippen LogP contribution is -2.35. The van der Waals surface area contributed by atoms with Gasteiger partial charge in [-0.15, -0.1) is 0 Å². The predicted molar refractivity (Wildman–Crippen MR) is 94.1 cm³/mol. The van der Waals surface area contributed by atoms with Crippen LogP contribution in [0.15, 0.2) is 40.9 Å². The highest BCUT2D eigenvalue weighted by Gasteiger charge is 2.16. The van der Waals surface area contributed by atoms with Crippen LogP contribution in [0.2, 0.25) is 0 Å². The van der Waals surface area contributed by atoms with E-state index in [0.717, 1.165) is 18.2 Å². The van der Waals surface area contributed by atoms with Crippen LogP contribution in [0.1, 0.15) is 22.3 Å². The molecule has 2 N–H and O–H groups in total. The van der Waals surface area contributed by atoms with E-state index in [1.54, 1.807) is 12.1 Å². The van der Waals surface area contributed by atoms with Crippen LogP contribution in [0.5, 0.6) is 0 Å². The van der Waals surface area contributed by atoms with E-state index in [1.165, 1.54) is 6.07 Å². The molecule has 0 bridgehead atoms. The van der Waals surface area contributed by atoms with Gasteiger partial charge in [-0.2, -0.15) is 0 Å². The highest BCUT2D eigenvalue weighted by Crippen LogP contribution is 2.16. The van der Waals surface area contributed by atoms with Crippen LogP contribution >= 0.6 is 15.9 Å². The first-order valence-corrected chi connectivity index (χ1v) is 8.60. The van der Waals surface area contributed by atoms with Crippen molar-refractivity contribution in [3.63, 3.8) is 0 Å². The van der Waals surface area contributed by atoms with Crippen molar-refractivity contribution in [2.45, 2.75) is 12.8 Å². The molecule has 0 heterocycles. The number of aryl methyl sites for hydroxylation is 1. The van der Waals surface area contributed by atoms with Gasteiger partial charge in [0.1, 0.15) is 23.0 Å². The zero-order valence-electron chi connectivity index (χ0n) is 13.6. The average molecular weight is 429 g/mol. The third-order valence-electron chi connectivity index (χ3n) is 3.56. The first kappa shape index (κ1) is 20.0. The van der Waals surface area contributed by atoms with Gasteiger partial charge in [0.05, 0.1) is 0 Å². The maximum atomic E-state index is 13.7. The van der Waals surface area contributed by atoms with Gasteiger partial charge < -0.3 is 10.6 Å². The minimum absolute atomic E-state index is 0.00495. The molecule has 0 aliphatic rings. The fraction of sp³-hybridized carbons (Fsp3) is 0.222. The van der Waals surface area contributed by atoms with Gasteiger partial charge in [0.15, 0.2) is 0 Å². The van der Waals surface area contributed by atoms with Crippen molar-refractivity contribution in [1.29, 1.82) is 0 Å². The van der Waals surface area contributed by atoms with E-state index in [9.17, 15) is 22.8 Å². The predicted octanol–water partition coefficient (Wildman–Crippen LogP) is 3.35. The molecule has 2 aromatic rings. The van der Waals surface area contributed by atoms with Crippen LogP contribution in [0, 0.1) is 17.5 Å². The van der Waals surface area contributed by atoms with Gasteiger partial charge in [0, 0.05) is 24.0 Å². The van der Waals surface area contributed by atoms with Gasteiger partial charge in [-0.1, -0.05) is 28.1 Å². The van der Waals surface area contributed by atoms with E-state index < -0.39 is 28.9 Å². The largest absolute Gasteiger partial charge is 0.354 e. The molecular weight excluding hydrogens is 413 g/mol. The fourth-order valence-corrected chi connectivity index (χ4v) is 2.58. The van der Waals surface area contributed by atoms with Crippen molar-refractivity contribution < 1.29 is 22.8 Å². The molecule has 138 valence electrons. The topological polar surface area (TPSA) is 58.2 Å². The Morgan fingerprint density at radius 3 is 2.23 bits per heavy atom. The molecule has 0 saturated heterocycles. The summed E-state index contributed by atoms with van der Waals surface area (Å²) in [5.41, 5.74) is -0.240. The second-order valence-electron chi connectivity index (χ2n) is 5.44. The Balaban J connectivity index is 1.72. The Labute approximate surface area is 156 Å². The van der Waals surface area contributed by atoms with E-state index in [-0.39, 0.29) is 31.8 Å². The van der Waals surface area contributed by atoms with Gasteiger partial charge in [0.2, 0.25) is 5.91 Å². The monoisotopic (exact) mass is 428 g/mol. The van der Waals surface area contributed by atoms with Gasteiger partial charge in [-0.05, 0) is 36.2 Å². The first-order valence-electron chi connectivity index (χ1n) is 7.81. The van der Waals surface area contributed by atoms with Crippen molar-refractivity contribution in [1.82, 2.24) is 10.6 Å². The third-order valence-corrected chi connectivity index (χ3v) is 4.05. The quantitative estimate of drug-likeness (QED) is 0.664. The summed E-state index contributed by atoms with van der Waals surface area (Å²) in [6.07, 6.45) is 0.312. The Kier molecular flexibility index (Phi) is 7.20. The standard InChI is InChI=1S/C18H16BrF3N2O2/c19-12-6-4-11(15(22)10-12)5-7-16(25)23-8-9-24-18(26)17-13(20)2-1-3-14(17)21/h1-4,6,10H,5,7-9H2,(H,23,25)(H,24,26). The Morgan fingerprint density at radius 1 is 0.923 bits per heavy atom. The summed E-state index contributed by atoms with van der Waals surface area (Å²) in [4.78, 5) is 23.5. The number of nitrogens with one attached hydrogen (secondary N) is 2. The van der Waals surface area contributed by atoms with Crippen LogP contribution in [-0.2, 0) is 11.2 Å². The number of amides is 2. The van der Waals surface area contributed by atoms with Crippen molar-refractivity contribution in [3.05, 3.63) is 69.4 Å². The van der Waals surface area contributed by atoms with Crippen molar-refractivity contribution in [2.24, 2.45) is 0 Å². The number of halogens is 4. The smallest absolute Gasteiger partial charge is 0.257 e. The van der Waals surface area contributed by atoms with Crippen molar-refractivity contribution >= 4 is 27.7 Å². The minimum atomic E-state index is -0.955. The second-order valence-corrected chi connectivity index (χ2v) is 6.35. The van der Waals surface area contributed by atoms with E-state index in [2.05, 4.69) is 26.6 Å². The van der Waals surface area contributed by atoms with Gasteiger partial charge in [-0.25, -0.2) is 13.2 Å². The van der Waals surface area contributed by atoms with Crippen LogP contribution in [0.25, 0.3) is 0 Å². The molecule has 0 unspecified atom stereocenters. The van der Waals surface area contributed by atoms with Crippen LogP contribution < -0.4 is 10.6 Å². The van der Waals surface area contributed by atoms with Gasteiger partial charge >= 0.3 is 0 Å². The number of hydrogen-bond donors (Lipinski definition) is 2. The molecule has 0 radical (unpaired) electrons. The molecule has 0 fully saturated rings. The van der Waals surface area contributed by atoms with E-state index in [4.69, 9.17) is 0 Å². The zero-order chi connectivity index (χ0) is 19.1. The Hall–Kier alpha value is -2.35. The normalized spacial score (nSPS) is 10.5. The molecule has 2 rings (SSSR count). The summed E-state index contributed by atoms with van der Waals surface area (Å²) in [6.45, 7) is 0.0917. The summed E-state index contributed by atoms with van der Waals surface area (Å²) in [6, 6.07) is 7.74. The van der Waals surface area contributed by atoms with Crippen LogP contribution in [0.3, 0.4) is 0 Å². The maximum Gasteiger partial charge on any atom is 0.257 e. The van der Waals surface area contributed by atoms with Gasteiger partial charge in [-0.3, -0.25) is 9.59 Å². The summed E-state index contributed by atoms with van der Waals surface area (Å²) in [7, 11) is 0. The van der Waals surface area contributed by atoms with E-state index in [0.29, 0.717) is 10.0 Å². The number of carbonyl (C=O) groups excluding carboxylic acids is 2. The number of benzene rings is 2. The lowest BCUT2D eigenvalue weighted by molar-refractivity contribution is -0.121. The number of rotatable bonds is 7. The molecule has 0 aliphatic carbocycles. The molecule has 26 heavy (non-hydrogen) atoms. The molecule has 0 spiro atoms. The lowest BCUT2D eigenvalue weighted by atomic mass is 10.1. The first-order chi connectivity index (χ1) is 12.4. The summed E-state index contributed by atoms with van der Waals surface area (Å²) in [5.74, 6) is -3.53. The Bertz CT molecular complexity index is 795. The lowest BCUT2D eigenvalue weighted by Gasteiger charge is -2.09. The SMILES string of the molecule is O=C(CCc1ccc(Br)cc1F)NCCNC(=O)c1c(F)cccc1F. The van der Waals surface area contributed by atoms with E-state index >= 15 is 0 Å². The highest BCUT2D eigenvalue weighted by molar-refractivity contribution is 9.10. The minimum Gasteiger partial charge on any atom is -0.354 e. The number of hydrogen-bond acceptors (Lipinski definition) is 2. The molecule has 2 aromatic carbocycles. The highest BCUT2D eigenvalue weighted by atomic mass is 79.9. The second kappa shape index (κ2) is 9.38. The molecular formula is C18H16BrF3N2O2. The maximum absolute atomic E-state index is 13.7. The fourth-order valence-electron chi connectivity index (χ4n) is 2.24. The van der Waals surface area contributed by atoms with Gasteiger partial charge in [0.25, 0.3) is 5.91 Å². The van der Waals surface area contributed by atoms with Crippen molar-refractivity contribution in [2.75, 3.05) is 13.1 Å². The molecule has 0 aliphatic heterocycles. The molecule has 4 nitrogen and oxygen atoms in total. The summed E-state index contributed by atoms with van der Waals surface area (Å²) < 4.78 is 41.2. The van der Waals surface area contributed by atoms with Crippen molar-refractivity contribution in [3.8, 4) is 0 Å². The third kappa shape index (κ3) is 5.59. The number of carbonyl (C=O) groups is 2. The molecule has 2 amide bonds. The molecule has 0 saturated carbocycles. The van der Waals surface area contributed by atoms with Crippen LogP contribution in [0.4, 0.5) is 13.2 Å². The Morgan fingerprint density at radius 2 is 1.58 bits per heavy atom.